The van der Waals surface area contributed by atoms with Gasteiger partial charge in [-0.15, -0.1) is 0 Å². The third-order valence-corrected chi connectivity index (χ3v) is 11.8. The fourth-order valence-electron chi connectivity index (χ4n) is 9.01. The van der Waals surface area contributed by atoms with Gasteiger partial charge in [-0.3, -0.25) is 0 Å². The number of benzene rings is 8. The van der Waals surface area contributed by atoms with Crippen molar-refractivity contribution in [2.45, 2.75) is 44.9 Å². The lowest BCUT2D eigenvalue weighted by atomic mass is 9.81. The fourth-order valence-corrected chi connectivity index (χ4v) is 9.01. The second kappa shape index (κ2) is 12.1. The summed E-state index contributed by atoms with van der Waals surface area (Å²) in [5, 5.41) is 5.13. The van der Waals surface area contributed by atoms with E-state index in [2.05, 4.69) is 183 Å². The molecule has 52 heavy (non-hydrogen) atoms. The van der Waals surface area contributed by atoms with Crippen molar-refractivity contribution < 1.29 is 0 Å². The van der Waals surface area contributed by atoms with Gasteiger partial charge in [-0.2, -0.15) is 0 Å². The summed E-state index contributed by atoms with van der Waals surface area (Å²) in [7, 11) is 0. The summed E-state index contributed by atoms with van der Waals surface area (Å²) in [6.45, 7) is 4.77. The summed E-state index contributed by atoms with van der Waals surface area (Å²) in [5.41, 5.74) is 17.0. The average molecular weight is 668 g/mol. The fraction of sp³-hybridized carbons (Fsp3) is 0.137. The summed E-state index contributed by atoms with van der Waals surface area (Å²) in [6.07, 6.45) is 4.94. The van der Waals surface area contributed by atoms with E-state index in [0.717, 1.165) is 11.4 Å². The van der Waals surface area contributed by atoms with Gasteiger partial charge in [0.05, 0.1) is 0 Å². The number of aryl methyl sites for hydroxylation is 1. The molecule has 0 aromatic heterocycles. The van der Waals surface area contributed by atoms with Gasteiger partial charge >= 0.3 is 0 Å². The Morgan fingerprint density at radius 1 is 0.404 bits per heavy atom. The monoisotopic (exact) mass is 667 g/mol. The number of hydrogen-bond donors (Lipinski definition) is 0. The van der Waals surface area contributed by atoms with Gasteiger partial charge in [0.15, 0.2) is 0 Å². The van der Waals surface area contributed by atoms with Gasteiger partial charge < -0.3 is 4.90 Å². The lowest BCUT2D eigenvalue weighted by Crippen LogP contribution is -2.16. The van der Waals surface area contributed by atoms with E-state index in [0.29, 0.717) is 0 Å². The van der Waals surface area contributed by atoms with Gasteiger partial charge in [-0.05, 0) is 157 Å². The molecule has 0 aliphatic heterocycles. The molecular formula is C51H41N. The van der Waals surface area contributed by atoms with Crippen LogP contribution in [-0.2, 0) is 18.3 Å². The highest BCUT2D eigenvalue weighted by molar-refractivity contribution is 5.95. The van der Waals surface area contributed by atoms with E-state index in [1.807, 2.05) is 0 Å². The van der Waals surface area contributed by atoms with E-state index in [9.17, 15) is 0 Å². The Kier molecular flexibility index (Phi) is 7.18. The highest BCUT2D eigenvalue weighted by Gasteiger charge is 2.36. The maximum atomic E-state index is 2.44. The molecule has 0 N–H and O–H groups in total. The molecule has 10 rings (SSSR count). The first-order valence-corrected chi connectivity index (χ1v) is 18.8. The van der Waals surface area contributed by atoms with Crippen LogP contribution in [0, 0.1) is 0 Å². The SMILES string of the molecule is CC1(C)c2cc(N(c3ccc(-c4ccc5ccccc5c4)cc3)c3ccc(-c4cccc5c4CCCC5)cc3)ccc2-c2cc3ccccc3cc21. The molecule has 0 atom stereocenters. The molecule has 2 aliphatic rings. The van der Waals surface area contributed by atoms with Gasteiger partial charge in [0.25, 0.3) is 0 Å². The summed E-state index contributed by atoms with van der Waals surface area (Å²) >= 11 is 0. The van der Waals surface area contributed by atoms with Crippen LogP contribution in [0.1, 0.15) is 48.9 Å². The highest BCUT2D eigenvalue weighted by Crippen LogP contribution is 2.52. The minimum atomic E-state index is -0.118. The van der Waals surface area contributed by atoms with E-state index < -0.39 is 0 Å². The second-order valence-corrected chi connectivity index (χ2v) is 15.2. The molecule has 0 radical (unpaired) electrons. The van der Waals surface area contributed by atoms with Gasteiger partial charge in [-0.25, -0.2) is 0 Å². The maximum absolute atomic E-state index is 2.44. The van der Waals surface area contributed by atoms with E-state index >= 15 is 0 Å². The lowest BCUT2D eigenvalue weighted by molar-refractivity contribution is 0.661. The lowest BCUT2D eigenvalue weighted by Gasteiger charge is -2.28. The normalized spacial score (nSPS) is 14.2. The van der Waals surface area contributed by atoms with Gasteiger partial charge in [0.2, 0.25) is 0 Å². The summed E-state index contributed by atoms with van der Waals surface area (Å²) in [4.78, 5) is 2.43. The van der Waals surface area contributed by atoms with Crippen LogP contribution in [0.5, 0.6) is 0 Å². The topological polar surface area (TPSA) is 3.24 Å². The maximum Gasteiger partial charge on any atom is 0.0465 e. The van der Waals surface area contributed by atoms with Crippen molar-refractivity contribution in [3.05, 3.63) is 186 Å². The molecule has 1 nitrogen and oxygen atoms in total. The zero-order chi connectivity index (χ0) is 34.8. The molecule has 250 valence electrons. The van der Waals surface area contributed by atoms with Crippen molar-refractivity contribution in [3.63, 3.8) is 0 Å². The Balaban J connectivity index is 1.08. The van der Waals surface area contributed by atoms with Crippen molar-refractivity contribution in [1.29, 1.82) is 0 Å². The Hall–Kier alpha value is -5.92. The Bertz CT molecular complexity index is 2640. The molecule has 0 saturated heterocycles. The van der Waals surface area contributed by atoms with Gasteiger partial charge in [0.1, 0.15) is 0 Å². The first kappa shape index (κ1) is 30.9. The number of anilines is 3. The smallest absolute Gasteiger partial charge is 0.0465 e. The molecule has 0 amide bonds. The molecule has 2 aliphatic carbocycles. The molecule has 0 heterocycles. The summed E-state index contributed by atoms with van der Waals surface area (Å²) in [6, 6.07) is 61.3. The predicted octanol–water partition coefficient (Wildman–Crippen LogP) is 14.0. The van der Waals surface area contributed by atoms with Crippen LogP contribution in [-0.4, -0.2) is 0 Å². The molecule has 8 aromatic carbocycles. The Morgan fingerprint density at radius 3 is 1.75 bits per heavy atom. The Labute approximate surface area is 306 Å². The first-order valence-electron chi connectivity index (χ1n) is 18.8. The minimum absolute atomic E-state index is 0.118. The third kappa shape index (κ3) is 5.07. The zero-order valence-corrected chi connectivity index (χ0v) is 29.9. The molecular weight excluding hydrogens is 627 g/mol. The molecule has 1 heteroatoms. The largest absolute Gasteiger partial charge is 0.310 e. The van der Waals surface area contributed by atoms with Crippen molar-refractivity contribution in [3.8, 4) is 33.4 Å². The minimum Gasteiger partial charge on any atom is -0.310 e. The van der Waals surface area contributed by atoms with Crippen molar-refractivity contribution in [1.82, 2.24) is 0 Å². The first-order chi connectivity index (χ1) is 25.5. The summed E-state index contributed by atoms with van der Waals surface area (Å²) < 4.78 is 0. The van der Waals surface area contributed by atoms with E-state index in [1.165, 1.54) is 109 Å². The summed E-state index contributed by atoms with van der Waals surface area (Å²) in [5.74, 6) is 0. The number of rotatable bonds is 5. The van der Waals surface area contributed by atoms with Crippen LogP contribution < -0.4 is 4.90 Å². The molecule has 0 bridgehead atoms. The standard InChI is InChI=1S/C51H41N/c1-51(2)49-32-40-14-6-5-13-39(40)31-48(49)47-29-28-44(33-50(47)51)52(42-24-20-35(21-25-42)41-19-18-34-10-3-4-12-38(34)30-41)43-26-22-37(23-27-43)46-17-9-15-36-11-7-8-16-45(36)46/h3-6,9-10,12-15,17-33H,7-8,11,16H2,1-2H3. The third-order valence-electron chi connectivity index (χ3n) is 11.8. The molecule has 0 unspecified atom stereocenters. The number of fused-ring (bicyclic) bond motifs is 6. The van der Waals surface area contributed by atoms with E-state index in [1.54, 1.807) is 0 Å². The Morgan fingerprint density at radius 2 is 1.00 bits per heavy atom. The number of nitrogens with zero attached hydrogens (tertiary/aromatic N) is 1. The van der Waals surface area contributed by atoms with Crippen LogP contribution in [0.2, 0.25) is 0 Å². The van der Waals surface area contributed by atoms with Gasteiger partial charge in [0, 0.05) is 22.5 Å². The van der Waals surface area contributed by atoms with Crippen LogP contribution in [0.4, 0.5) is 17.1 Å². The molecule has 0 fully saturated rings. The highest BCUT2D eigenvalue weighted by atomic mass is 15.1. The van der Waals surface area contributed by atoms with Crippen molar-refractivity contribution in [2.24, 2.45) is 0 Å². The van der Waals surface area contributed by atoms with Crippen LogP contribution in [0.15, 0.2) is 164 Å². The van der Waals surface area contributed by atoms with Crippen molar-refractivity contribution in [2.75, 3.05) is 4.90 Å². The van der Waals surface area contributed by atoms with E-state index in [4.69, 9.17) is 0 Å². The quantitative estimate of drug-likeness (QED) is 0.177. The molecule has 8 aromatic rings. The van der Waals surface area contributed by atoms with Gasteiger partial charge in [-0.1, -0.05) is 123 Å². The van der Waals surface area contributed by atoms with E-state index in [-0.39, 0.29) is 5.41 Å². The molecule has 0 saturated carbocycles. The second-order valence-electron chi connectivity index (χ2n) is 15.2. The number of hydrogen-bond acceptors (Lipinski definition) is 1. The molecule has 0 spiro atoms. The van der Waals surface area contributed by atoms with Crippen LogP contribution in [0.25, 0.3) is 54.9 Å². The van der Waals surface area contributed by atoms with Crippen LogP contribution >= 0.6 is 0 Å². The average Bonchev–Trinajstić information content (AvgIpc) is 3.41. The zero-order valence-electron chi connectivity index (χ0n) is 29.9. The predicted molar refractivity (Wildman–Crippen MR) is 221 cm³/mol. The van der Waals surface area contributed by atoms with Crippen LogP contribution in [0.3, 0.4) is 0 Å². The van der Waals surface area contributed by atoms with Crippen molar-refractivity contribution >= 4 is 38.6 Å².